The lowest BCUT2D eigenvalue weighted by molar-refractivity contribution is -0.131. The smallest absolute Gasteiger partial charge is 0.223 e. The molecule has 3 heterocycles. The van der Waals surface area contributed by atoms with Gasteiger partial charge in [0, 0.05) is 57.8 Å². The summed E-state index contributed by atoms with van der Waals surface area (Å²) in [5.41, 5.74) is 6.16. The predicted molar refractivity (Wildman–Crippen MR) is 107 cm³/mol. The van der Waals surface area contributed by atoms with Crippen LogP contribution < -0.4 is 10.2 Å². The molecule has 2 aliphatic rings. The van der Waals surface area contributed by atoms with Crippen LogP contribution in [0, 0.1) is 13.8 Å². The predicted octanol–water partition coefficient (Wildman–Crippen LogP) is 1.88. The standard InChI is InChI=1S/C21H29N5O/c1-16-3-4-17(2)20(13-16)24-9-11-25(12-10-24)21(27)6-5-18-14-19-15-22-7-8-26(19)23-18/h3-4,13-14,22H,5-12,15H2,1-2H3. The number of aryl methyl sites for hydroxylation is 3. The molecule has 0 unspecified atom stereocenters. The van der Waals surface area contributed by atoms with Crippen LogP contribution >= 0.6 is 0 Å². The quantitative estimate of drug-likeness (QED) is 0.897. The molecule has 2 aromatic rings. The minimum absolute atomic E-state index is 0.250. The monoisotopic (exact) mass is 367 g/mol. The van der Waals surface area contributed by atoms with Crippen molar-refractivity contribution in [1.82, 2.24) is 20.0 Å². The second-order valence-corrected chi connectivity index (χ2v) is 7.68. The summed E-state index contributed by atoms with van der Waals surface area (Å²) in [4.78, 5) is 17.1. The van der Waals surface area contributed by atoms with Crippen molar-refractivity contribution in [2.24, 2.45) is 0 Å². The van der Waals surface area contributed by atoms with Crippen LogP contribution in [0.5, 0.6) is 0 Å². The first-order valence-corrected chi connectivity index (χ1v) is 9.96. The van der Waals surface area contributed by atoms with E-state index in [9.17, 15) is 4.79 Å². The van der Waals surface area contributed by atoms with Crippen molar-refractivity contribution < 1.29 is 4.79 Å². The van der Waals surface area contributed by atoms with E-state index in [1.807, 2.05) is 4.90 Å². The van der Waals surface area contributed by atoms with E-state index < -0.39 is 0 Å². The summed E-state index contributed by atoms with van der Waals surface area (Å²) < 4.78 is 2.07. The maximum atomic E-state index is 12.6. The van der Waals surface area contributed by atoms with Gasteiger partial charge in [-0.25, -0.2) is 0 Å². The Hall–Kier alpha value is -2.34. The first-order chi connectivity index (χ1) is 13.1. The lowest BCUT2D eigenvalue weighted by Crippen LogP contribution is -2.49. The van der Waals surface area contributed by atoms with E-state index in [0.717, 1.165) is 57.9 Å². The highest BCUT2D eigenvalue weighted by Gasteiger charge is 2.22. The third-order valence-electron chi connectivity index (χ3n) is 5.65. The van der Waals surface area contributed by atoms with Crippen molar-refractivity contribution >= 4 is 11.6 Å². The van der Waals surface area contributed by atoms with Gasteiger partial charge >= 0.3 is 0 Å². The van der Waals surface area contributed by atoms with Crippen LogP contribution in [0.1, 0.15) is 28.9 Å². The number of carbonyl (C=O) groups excluding carboxylic acids is 1. The third kappa shape index (κ3) is 4.00. The number of carbonyl (C=O) groups is 1. The molecule has 6 heteroatoms. The number of amides is 1. The van der Waals surface area contributed by atoms with Crippen molar-refractivity contribution in [1.29, 1.82) is 0 Å². The van der Waals surface area contributed by atoms with Crippen LogP contribution in [-0.2, 0) is 24.3 Å². The van der Waals surface area contributed by atoms with E-state index in [0.29, 0.717) is 6.42 Å². The molecule has 1 N–H and O–H groups in total. The van der Waals surface area contributed by atoms with Gasteiger partial charge in [-0.1, -0.05) is 12.1 Å². The SMILES string of the molecule is Cc1ccc(C)c(N2CCN(C(=O)CCc3cc4n(n3)CCNC4)CC2)c1. The average molecular weight is 367 g/mol. The Labute approximate surface area is 161 Å². The van der Waals surface area contributed by atoms with E-state index in [1.54, 1.807) is 0 Å². The second-order valence-electron chi connectivity index (χ2n) is 7.68. The molecule has 0 bridgehead atoms. The molecule has 1 aromatic heterocycles. The van der Waals surface area contributed by atoms with E-state index >= 15 is 0 Å². The Bertz CT molecular complexity index is 796. The highest BCUT2D eigenvalue weighted by atomic mass is 16.2. The van der Waals surface area contributed by atoms with Gasteiger partial charge < -0.3 is 15.1 Å². The summed E-state index contributed by atoms with van der Waals surface area (Å²) in [5.74, 6) is 0.250. The Morgan fingerprint density at radius 3 is 2.70 bits per heavy atom. The molecule has 0 radical (unpaired) electrons. The molecule has 0 aliphatic carbocycles. The second kappa shape index (κ2) is 7.72. The molecule has 1 aromatic carbocycles. The first-order valence-electron chi connectivity index (χ1n) is 9.96. The van der Waals surface area contributed by atoms with E-state index in [2.05, 4.69) is 58.1 Å². The van der Waals surface area contributed by atoms with Crippen LogP contribution in [0.4, 0.5) is 5.69 Å². The molecule has 0 spiro atoms. The van der Waals surface area contributed by atoms with Gasteiger partial charge in [0.25, 0.3) is 0 Å². The number of piperazine rings is 1. The highest BCUT2D eigenvalue weighted by Crippen LogP contribution is 2.23. The minimum atomic E-state index is 0.250. The lowest BCUT2D eigenvalue weighted by Gasteiger charge is -2.37. The number of hydrogen-bond donors (Lipinski definition) is 1. The number of benzene rings is 1. The van der Waals surface area contributed by atoms with Crippen molar-refractivity contribution in [3.05, 3.63) is 46.8 Å². The van der Waals surface area contributed by atoms with Gasteiger partial charge in [0.1, 0.15) is 0 Å². The fourth-order valence-electron chi connectivity index (χ4n) is 4.02. The molecule has 2 aliphatic heterocycles. The number of hydrogen-bond acceptors (Lipinski definition) is 4. The average Bonchev–Trinajstić information content (AvgIpc) is 3.11. The first kappa shape index (κ1) is 18.0. The number of anilines is 1. The zero-order chi connectivity index (χ0) is 18.8. The Kier molecular flexibility index (Phi) is 5.16. The third-order valence-corrected chi connectivity index (χ3v) is 5.65. The van der Waals surface area contributed by atoms with Gasteiger partial charge in [0.15, 0.2) is 0 Å². The summed E-state index contributed by atoms with van der Waals surface area (Å²) in [7, 11) is 0. The van der Waals surface area contributed by atoms with Gasteiger partial charge in [-0.2, -0.15) is 5.10 Å². The van der Waals surface area contributed by atoms with Gasteiger partial charge in [-0.05, 0) is 37.1 Å². The molecular weight excluding hydrogens is 338 g/mol. The van der Waals surface area contributed by atoms with Gasteiger partial charge in [-0.3, -0.25) is 9.48 Å². The molecule has 6 nitrogen and oxygen atoms in total. The van der Waals surface area contributed by atoms with Crippen molar-refractivity contribution in [2.75, 3.05) is 37.6 Å². The Morgan fingerprint density at radius 1 is 1.11 bits per heavy atom. The summed E-state index contributed by atoms with van der Waals surface area (Å²) in [6.07, 6.45) is 1.28. The van der Waals surface area contributed by atoms with Crippen molar-refractivity contribution in [3.8, 4) is 0 Å². The van der Waals surface area contributed by atoms with Crippen LogP contribution in [0.3, 0.4) is 0 Å². The minimum Gasteiger partial charge on any atom is -0.368 e. The van der Waals surface area contributed by atoms with Crippen LogP contribution in [-0.4, -0.2) is 53.3 Å². The van der Waals surface area contributed by atoms with E-state index in [1.165, 1.54) is 22.5 Å². The topological polar surface area (TPSA) is 53.4 Å². The van der Waals surface area contributed by atoms with Crippen LogP contribution in [0.2, 0.25) is 0 Å². The number of aromatic nitrogens is 2. The maximum Gasteiger partial charge on any atom is 0.223 e. The number of rotatable bonds is 4. The Balaban J connectivity index is 1.29. The molecule has 144 valence electrons. The number of fused-ring (bicyclic) bond motifs is 1. The zero-order valence-corrected chi connectivity index (χ0v) is 16.4. The van der Waals surface area contributed by atoms with Crippen LogP contribution in [0.15, 0.2) is 24.3 Å². The molecule has 4 rings (SSSR count). The molecule has 1 amide bonds. The molecule has 0 atom stereocenters. The fraction of sp³-hybridized carbons (Fsp3) is 0.524. The summed E-state index contributed by atoms with van der Waals surface area (Å²) in [6, 6.07) is 8.73. The normalized spacial score (nSPS) is 17.1. The molecule has 1 fully saturated rings. The molecule has 27 heavy (non-hydrogen) atoms. The van der Waals surface area contributed by atoms with Crippen LogP contribution in [0.25, 0.3) is 0 Å². The van der Waals surface area contributed by atoms with Gasteiger partial charge in [-0.15, -0.1) is 0 Å². The molecule has 0 saturated carbocycles. The summed E-state index contributed by atoms with van der Waals surface area (Å²) in [5, 5.41) is 7.99. The largest absolute Gasteiger partial charge is 0.368 e. The van der Waals surface area contributed by atoms with Gasteiger partial charge in [0.2, 0.25) is 5.91 Å². The Morgan fingerprint density at radius 2 is 1.93 bits per heavy atom. The number of nitrogens with one attached hydrogen (secondary N) is 1. The molecular formula is C21H29N5O. The van der Waals surface area contributed by atoms with Gasteiger partial charge in [0.05, 0.1) is 17.9 Å². The van der Waals surface area contributed by atoms with E-state index in [4.69, 9.17) is 0 Å². The van der Waals surface area contributed by atoms with Crippen molar-refractivity contribution in [3.63, 3.8) is 0 Å². The maximum absolute atomic E-state index is 12.6. The van der Waals surface area contributed by atoms with Crippen molar-refractivity contribution in [2.45, 2.75) is 39.8 Å². The fourth-order valence-corrected chi connectivity index (χ4v) is 4.02. The highest BCUT2D eigenvalue weighted by molar-refractivity contribution is 5.76. The molecule has 1 saturated heterocycles. The summed E-state index contributed by atoms with van der Waals surface area (Å²) in [6.45, 7) is 10.5. The summed E-state index contributed by atoms with van der Waals surface area (Å²) >= 11 is 0. The number of nitrogens with zero attached hydrogens (tertiary/aromatic N) is 4. The zero-order valence-electron chi connectivity index (χ0n) is 16.4. The lowest BCUT2D eigenvalue weighted by atomic mass is 10.1. The van der Waals surface area contributed by atoms with E-state index in [-0.39, 0.29) is 5.91 Å².